The average molecular weight is 673 g/mol. The number of furan rings is 1. The molecule has 0 unspecified atom stereocenters. The van der Waals surface area contributed by atoms with Crippen LogP contribution in [0.5, 0.6) is 0 Å². The van der Waals surface area contributed by atoms with Crippen molar-refractivity contribution in [3.63, 3.8) is 0 Å². The van der Waals surface area contributed by atoms with E-state index >= 15 is 0 Å². The highest BCUT2D eigenvalue weighted by molar-refractivity contribution is 6.30. The molecule has 3 aromatic heterocycles. The molecular weight excluding hydrogens is 645 g/mol. The Bertz CT molecular complexity index is 3540. The van der Waals surface area contributed by atoms with Crippen LogP contribution in [-0.4, -0.2) is 9.13 Å². The molecule has 0 aliphatic heterocycles. The summed E-state index contributed by atoms with van der Waals surface area (Å²) in [5.74, 6) is 0. The Balaban J connectivity index is 1.29. The van der Waals surface area contributed by atoms with Crippen molar-refractivity contribution in [1.29, 1.82) is 0 Å². The van der Waals surface area contributed by atoms with Crippen molar-refractivity contribution < 1.29 is 4.42 Å². The van der Waals surface area contributed by atoms with Crippen molar-refractivity contribution in [1.82, 2.24) is 9.13 Å². The van der Waals surface area contributed by atoms with Crippen LogP contribution >= 0.6 is 0 Å². The molecule has 13 rings (SSSR count). The topological polar surface area (TPSA) is 23.0 Å². The highest BCUT2D eigenvalue weighted by atomic mass is 16.3. The van der Waals surface area contributed by atoms with Crippen LogP contribution in [0.15, 0.2) is 174 Å². The van der Waals surface area contributed by atoms with E-state index in [0.717, 1.165) is 27.6 Å². The molecule has 1 aliphatic rings. The Morgan fingerprint density at radius 3 is 1.77 bits per heavy atom. The predicted molar refractivity (Wildman–Crippen MR) is 222 cm³/mol. The van der Waals surface area contributed by atoms with E-state index in [1.54, 1.807) is 0 Å². The van der Waals surface area contributed by atoms with E-state index < -0.39 is 0 Å². The number of rotatable bonds is 2. The summed E-state index contributed by atoms with van der Waals surface area (Å²) in [6.45, 7) is 0. The third kappa shape index (κ3) is 3.40. The molecule has 0 atom stereocenters. The fourth-order valence-corrected chi connectivity index (χ4v) is 9.73. The largest absolute Gasteiger partial charge is 0.456 e. The third-order valence-electron chi connectivity index (χ3n) is 11.8. The van der Waals surface area contributed by atoms with Crippen LogP contribution in [0.4, 0.5) is 0 Å². The summed E-state index contributed by atoms with van der Waals surface area (Å²) < 4.78 is 11.6. The van der Waals surface area contributed by atoms with Gasteiger partial charge < -0.3 is 13.6 Å². The van der Waals surface area contributed by atoms with Gasteiger partial charge in [0.05, 0.1) is 38.8 Å². The van der Waals surface area contributed by atoms with Crippen molar-refractivity contribution >= 4 is 87.1 Å². The van der Waals surface area contributed by atoms with Gasteiger partial charge in [-0.1, -0.05) is 133 Å². The molecule has 0 saturated carbocycles. The van der Waals surface area contributed by atoms with Crippen molar-refractivity contribution in [2.75, 3.05) is 0 Å². The SMILES string of the molecule is c1ccc2c(c1)-c1cccc3c(-n4c5ccccc5c5ccc6c7ccc8oc9ccccc9c8c7n(-c7cccc8ccccc78)c6c54)ccc-2c13. The molecule has 0 amide bonds. The zero-order chi connectivity index (χ0) is 34.4. The lowest BCUT2D eigenvalue weighted by molar-refractivity contribution is 0.669. The van der Waals surface area contributed by atoms with Crippen LogP contribution in [0.25, 0.3) is 121 Å². The summed E-state index contributed by atoms with van der Waals surface area (Å²) in [5.41, 5.74) is 14.1. The van der Waals surface area contributed by atoms with E-state index in [1.807, 2.05) is 0 Å². The van der Waals surface area contributed by atoms with Gasteiger partial charge in [-0.05, 0) is 69.4 Å². The summed E-state index contributed by atoms with van der Waals surface area (Å²) in [4.78, 5) is 0. The fraction of sp³-hybridized carbons (Fsp3) is 0. The molecule has 0 radical (unpaired) electrons. The van der Waals surface area contributed by atoms with Crippen LogP contribution in [0.1, 0.15) is 0 Å². The number of nitrogens with zero attached hydrogens (tertiary/aromatic N) is 2. The third-order valence-corrected chi connectivity index (χ3v) is 11.8. The van der Waals surface area contributed by atoms with Gasteiger partial charge in [-0.2, -0.15) is 0 Å². The molecule has 1 aliphatic carbocycles. The number of para-hydroxylation sites is 2. The molecule has 0 fully saturated rings. The van der Waals surface area contributed by atoms with E-state index in [9.17, 15) is 0 Å². The second-order valence-corrected chi connectivity index (χ2v) is 14.4. The minimum Gasteiger partial charge on any atom is -0.456 e. The Morgan fingerprint density at radius 2 is 0.887 bits per heavy atom. The van der Waals surface area contributed by atoms with Crippen LogP contribution in [0, 0.1) is 0 Å². The van der Waals surface area contributed by atoms with Gasteiger partial charge in [-0.25, -0.2) is 0 Å². The molecule has 9 aromatic carbocycles. The predicted octanol–water partition coefficient (Wildman–Crippen LogP) is 13.7. The smallest absolute Gasteiger partial charge is 0.137 e. The van der Waals surface area contributed by atoms with Crippen LogP contribution in [-0.2, 0) is 0 Å². The maximum Gasteiger partial charge on any atom is 0.137 e. The number of hydrogen-bond acceptors (Lipinski definition) is 1. The van der Waals surface area contributed by atoms with Crippen LogP contribution in [0.3, 0.4) is 0 Å². The molecule has 0 N–H and O–H groups in total. The summed E-state index contributed by atoms with van der Waals surface area (Å²) in [5, 5.41) is 12.2. The second-order valence-electron chi connectivity index (χ2n) is 14.4. The number of hydrogen-bond donors (Lipinski definition) is 0. The van der Waals surface area contributed by atoms with Crippen molar-refractivity contribution in [3.05, 3.63) is 170 Å². The fourth-order valence-electron chi connectivity index (χ4n) is 9.73. The van der Waals surface area contributed by atoms with Gasteiger partial charge in [-0.15, -0.1) is 0 Å². The lowest BCUT2D eigenvalue weighted by Crippen LogP contribution is -2.00. The van der Waals surface area contributed by atoms with E-state index in [0.29, 0.717) is 0 Å². The molecule has 12 aromatic rings. The lowest BCUT2D eigenvalue weighted by atomic mass is 10.0. The number of aromatic nitrogens is 2. The van der Waals surface area contributed by atoms with Gasteiger partial charge in [0.1, 0.15) is 11.2 Å². The zero-order valence-corrected chi connectivity index (χ0v) is 28.5. The highest BCUT2D eigenvalue weighted by Gasteiger charge is 2.27. The van der Waals surface area contributed by atoms with E-state index in [1.165, 1.54) is 93.1 Å². The summed E-state index contributed by atoms with van der Waals surface area (Å²) in [6, 6.07) is 62.2. The van der Waals surface area contributed by atoms with Crippen molar-refractivity contribution in [2.45, 2.75) is 0 Å². The lowest BCUT2D eigenvalue weighted by Gasteiger charge is -2.16. The minimum absolute atomic E-state index is 0.895. The highest BCUT2D eigenvalue weighted by Crippen LogP contribution is 2.50. The van der Waals surface area contributed by atoms with Crippen molar-refractivity contribution in [3.8, 4) is 33.6 Å². The molecule has 3 heteroatoms. The van der Waals surface area contributed by atoms with Gasteiger partial charge in [0.15, 0.2) is 0 Å². The normalized spacial score (nSPS) is 12.5. The maximum absolute atomic E-state index is 6.55. The van der Waals surface area contributed by atoms with Gasteiger partial charge >= 0.3 is 0 Å². The Morgan fingerprint density at radius 1 is 0.302 bits per heavy atom. The average Bonchev–Trinajstić information content (AvgIpc) is 3.95. The molecule has 0 bridgehead atoms. The Hall–Kier alpha value is -7.10. The monoisotopic (exact) mass is 672 g/mol. The quantitative estimate of drug-likeness (QED) is 0.179. The van der Waals surface area contributed by atoms with Gasteiger partial charge in [-0.3, -0.25) is 0 Å². The first kappa shape index (κ1) is 27.6. The molecule has 0 spiro atoms. The first-order valence-corrected chi connectivity index (χ1v) is 18.3. The molecule has 0 saturated heterocycles. The minimum atomic E-state index is 0.895. The van der Waals surface area contributed by atoms with Crippen LogP contribution in [0.2, 0.25) is 0 Å². The van der Waals surface area contributed by atoms with Crippen LogP contribution < -0.4 is 0 Å². The van der Waals surface area contributed by atoms with E-state index in [2.05, 4.69) is 179 Å². The van der Waals surface area contributed by atoms with E-state index in [-0.39, 0.29) is 0 Å². The van der Waals surface area contributed by atoms with Gasteiger partial charge in [0.2, 0.25) is 0 Å². The Kier molecular flexibility index (Phi) is 5.11. The second kappa shape index (κ2) is 9.81. The van der Waals surface area contributed by atoms with Gasteiger partial charge in [0, 0.05) is 37.7 Å². The van der Waals surface area contributed by atoms with Gasteiger partial charge in [0.25, 0.3) is 0 Å². The number of benzene rings is 9. The first-order chi connectivity index (χ1) is 26.3. The molecule has 53 heavy (non-hydrogen) atoms. The standard InChI is InChI=1S/C50H28N2O/c1-2-13-30-29(11-1)12-9-21-41(30)52-48-37(26-28-45-47(48)40-17-6-8-22-44(40)53-45)38-24-23-36-33-16-5-7-20-42(33)51(49(36)50(38)52)43-27-25-35-32-15-4-3-14-31(32)34-18-10-19-39(43)46(34)35/h1-28H. The molecule has 3 heterocycles. The summed E-state index contributed by atoms with van der Waals surface area (Å²) in [6.07, 6.45) is 0. The molecule has 3 nitrogen and oxygen atoms in total. The van der Waals surface area contributed by atoms with Crippen molar-refractivity contribution in [2.24, 2.45) is 0 Å². The first-order valence-electron chi connectivity index (χ1n) is 18.3. The maximum atomic E-state index is 6.55. The zero-order valence-electron chi connectivity index (χ0n) is 28.5. The Labute approximate surface area is 303 Å². The van der Waals surface area contributed by atoms with E-state index in [4.69, 9.17) is 4.42 Å². The summed E-state index contributed by atoms with van der Waals surface area (Å²) in [7, 11) is 0. The summed E-state index contributed by atoms with van der Waals surface area (Å²) >= 11 is 0. The molecule has 244 valence electrons. The number of fused-ring (bicyclic) bond motifs is 15. The molecular formula is C50H28N2O.